The minimum atomic E-state index is -0.0567. The standard InChI is InChI=1S/C20H19ClN2O2S2/c1-14-22-16(13-26-14)12-25-17-6-3-15(4-7-17)5-10-20(24)23(2)11-18-8-9-19(21)27-18/h3-10,13H,11-12H2,1-2H3/b10-5+. The number of hydrogen-bond donors (Lipinski definition) is 0. The number of halogens is 1. The number of hydrogen-bond acceptors (Lipinski definition) is 5. The Hall–Kier alpha value is -2.15. The normalized spacial score (nSPS) is 11.1. The highest BCUT2D eigenvalue weighted by molar-refractivity contribution is 7.16. The van der Waals surface area contributed by atoms with E-state index in [1.165, 1.54) is 11.3 Å². The van der Waals surface area contributed by atoms with Gasteiger partial charge < -0.3 is 9.64 Å². The third-order valence-electron chi connectivity index (χ3n) is 3.75. The van der Waals surface area contributed by atoms with Gasteiger partial charge >= 0.3 is 0 Å². The molecule has 4 nitrogen and oxygen atoms in total. The largest absolute Gasteiger partial charge is 0.487 e. The number of likely N-dealkylation sites (N-methyl/N-ethyl adjacent to an activating group) is 1. The van der Waals surface area contributed by atoms with Crippen LogP contribution < -0.4 is 4.74 Å². The number of ether oxygens (including phenoxy) is 1. The molecule has 0 radical (unpaired) electrons. The summed E-state index contributed by atoms with van der Waals surface area (Å²) in [5, 5.41) is 3.03. The molecule has 0 saturated carbocycles. The number of aryl methyl sites for hydroxylation is 1. The number of nitrogens with zero attached hydrogens (tertiary/aromatic N) is 2. The first-order valence-electron chi connectivity index (χ1n) is 8.31. The van der Waals surface area contributed by atoms with E-state index in [-0.39, 0.29) is 5.91 Å². The molecule has 0 fully saturated rings. The molecule has 27 heavy (non-hydrogen) atoms. The summed E-state index contributed by atoms with van der Waals surface area (Å²) >= 11 is 9.02. The van der Waals surface area contributed by atoms with Crippen LogP contribution >= 0.6 is 34.3 Å². The van der Waals surface area contributed by atoms with Crippen LogP contribution in [0.5, 0.6) is 5.75 Å². The Morgan fingerprint density at radius 2 is 2.04 bits per heavy atom. The lowest BCUT2D eigenvalue weighted by molar-refractivity contribution is -0.125. The van der Waals surface area contributed by atoms with Crippen molar-refractivity contribution in [3.8, 4) is 5.75 Å². The molecule has 7 heteroatoms. The molecule has 2 heterocycles. The van der Waals surface area contributed by atoms with Crippen LogP contribution in [0.1, 0.15) is 21.1 Å². The van der Waals surface area contributed by atoms with Crippen molar-refractivity contribution in [2.24, 2.45) is 0 Å². The summed E-state index contributed by atoms with van der Waals surface area (Å²) < 4.78 is 6.46. The van der Waals surface area contributed by atoms with Gasteiger partial charge in [-0.2, -0.15) is 0 Å². The number of carbonyl (C=O) groups is 1. The second-order valence-corrected chi connectivity index (χ2v) is 8.81. The summed E-state index contributed by atoms with van der Waals surface area (Å²) in [7, 11) is 1.78. The van der Waals surface area contributed by atoms with Gasteiger partial charge in [0.15, 0.2) is 0 Å². The Morgan fingerprint density at radius 1 is 1.26 bits per heavy atom. The third kappa shape index (κ3) is 5.92. The van der Waals surface area contributed by atoms with E-state index in [1.54, 1.807) is 35.4 Å². The maximum Gasteiger partial charge on any atom is 0.246 e. The second kappa shape index (κ2) is 9.17. The second-order valence-electron chi connectivity index (χ2n) is 5.95. The number of rotatable bonds is 7. The lowest BCUT2D eigenvalue weighted by Gasteiger charge is -2.13. The molecule has 140 valence electrons. The molecule has 0 unspecified atom stereocenters. The fourth-order valence-electron chi connectivity index (χ4n) is 2.35. The molecule has 2 aromatic heterocycles. The zero-order valence-electron chi connectivity index (χ0n) is 15.0. The number of amides is 1. The van der Waals surface area contributed by atoms with Crippen molar-refractivity contribution >= 4 is 46.3 Å². The zero-order chi connectivity index (χ0) is 19.2. The first kappa shape index (κ1) is 19.6. The van der Waals surface area contributed by atoms with Gasteiger partial charge in [-0.15, -0.1) is 22.7 Å². The van der Waals surface area contributed by atoms with Crippen LogP contribution in [0.2, 0.25) is 4.34 Å². The summed E-state index contributed by atoms with van der Waals surface area (Å²) in [6.07, 6.45) is 3.37. The van der Waals surface area contributed by atoms with E-state index in [1.807, 2.05) is 48.7 Å². The van der Waals surface area contributed by atoms with Crippen LogP contribution in [0.25, 0.3) is 6.08 Å². The first-order chi connectivity index (χ1) is 13.0. The monoisotopic (exact) mass is 418 g/mol. The highest BCUT2D eigenvalue weighted by Crippen LogP contribution is 2.22. The summed E-state index contributed by atoms with van der Waals surface area (Å²) in [4.78, 5) is 19.3. The highest BCUT2D eigenvalue weighted by Gasteiger charge is 2.07. The van der Waals surface area contributed by atoms with Crippen molar-refractivity contribution in [3.63, 3.8) is 0 Å². The van der Waals surface area contributed by atoms with Crippen LogP contribution in [0, 0.1) is 6.92 Å². The molecule has 0 bridgehead atoms. The van der Waals surface area contributed by atoms with E-state index in [4.69, 9.17) is 16.3 Å². The van der Waals surface area contributed by atoms with Crippen molar-refractivity contribution in [2.45, 2.75) is 20.1 Å². The van der Waals surface area contributed by atoms with Crippen LogP contribution in [-0.2, 0) is 17.9 Å². The maximum absolute atomic E-state index is 12.2. The van der Waals surface area contributed by atoms with Crippen molar-refractivity contribution in [1.29, 1.82) is 0 Å². The molecule has 1 aromatic carbocycles. The van der Waals surface area contributed by atoms with Gasteiger partial charge in [0.05, 0.1) is 21.6 Å². The summed E-state index contributed by atoms with van der Waals surface area (Å²) in [6, 6.07) is 11.4. The van der Waals surface area contributed by atoms with E-state index >= 15 is 0 Å². The Bertz CT molecular complexity index is 932. The quantitative estimate of drug-likeness (QED) is 0.481. The molecular weight excluding hydrogens is 400 g/mol. The summed E-state index contributed by atoms with van der Waals surface area (Å²) in [5.41, 5.74) is 1.87. The van der Waals surface area contributed by atoms with E-state index in [0.29, 0.717) is 13.2 Å². The number of benzene rings is 1. The Kier molecular flexibility index (Phi) is 6.66. The minimum Gasteiger partial charge on any atom is -0.487 e. The van der Waals surface area contributed by atoms with Gasteiger partial charge in [0.25, 0.3) is 0 Å². The lowest BCUT2D eigenvalue weighted by Crippen LogP contribution is -2.23. The van der Waals surface area contributed by atoms with E-state index < -0.39 is 0 Å². The van der Waals surface area contributed by atoms with Crippen molar-refractivity contribution in [2.75, 3.05) is 7.05 Å². The predicted octanol–water partition coefficient (Wildman–Crippen LogP) is 5.42. The fraction of sp³-hybridized carbons (Fsp3) is 0.200. The van der Waals surface area contributed by atoms with Gasteiger partial charge in [0.1, 0.15) is 12.4 Å². The Morgan fingerprint density at radius 3 is 2.67 bits per heavy atom. The topological polar surface area (TPSA) is 42.4 Å². The number of thiazole rings is 1. The Balaban J connectivity index is 1.51. The molecule has 0 saturated heterocycles. The summed E-state index contributed by atoms with van der Waals surface area (Å²) in [5.74, 6) is 0.717. The van der Waals surface area contributed by atoms with Gasteiger partial charge in [0, 0.05) is 23.4 Å². The smallest absolute Gasteiger partial charge is 0.246 e. The minimum absolute atomic E-state index is 0.0567. The van der Waals surface area contributed by atoms with Crippen LogP contribution in [0.15, 0.2) is 47.9 Å². The van der Waals surface area contributed by atoms with Gasteiger partial charge in [-0.25, -0.2) is 4.98 Å². The number of aromatic nitrogens is 1. The molecule has 0 aliphatic rings. The molecule has 3 aromatic rings. The predicted molar refractivity (Wildman–Crippen MR) is 112 cm³/mol. The van der Waals surface area contributed by atoms with E-state index in [0.717, 1.165) is 31.2 Å². The molecule has 3 rings (SSSR count). The van der Waals surface area contributed by atoms with Crippen molar-refractivity contribution in [3.05, 3.63) is 73.3 Å². The number of carbonyl (C=O) groups excluding carboxylic acids is 1. The summed E-state index contributed by atoms with van der Waals surface area (Å²) in [6.45, 7) is 2.97. The van der Waals surface area contributed by atoms with Gasteiger partial charge in [-0.3, -0.25) is 4.79 Å². The molecular formula is C20H19ClN2O2S2. The van der Waals surface area contributed by atoms with E-state index in [9.17, 15) is 4.79 Å². The van der Waals surface area contributed by atoms with Gasteiger partial charge in [0.2, 0.25) is 5.91 Å². The fourth-order valence-corrected chi connectivity index (χ4v) is 4.09. The van der Waals surface area contributed by atoms with Crippen molar-refractivity contribution in [1.82, 2.24) is 9.88 Å². The van der Waals surface area contributed by atoms with Crippen molar-refractivity contribution < 1.29 is 9.53 Å². The molecule has 0 aliphatic carbocycles. The van der Waals surface area contributed by atoms with Crippen LogP contribution in [-0.4, -0.2) is 22.8 Å². The third-order valence-corrected chi connectivity index (χ3v) is 5.79. The highest BCUT2D eigenvalue weighted by atomic mass is 35.5. The zero-order valence-corrected chi connectivity index (χ0v) is 17.4. The molecule has 0 aliphatic heterocycles. The average Bonchev–Trinajstić information content (AvgIpc) is 3.26. The maximum atomic E-state index is 12.2. The van der Waals surface area contributed by atoms with Crippen LogP contribution in [0.3, 0.4) is 0 Å². The Labute approximate surface area is 171 Å². The molecule has 1 amide bonds. The number of thiophene rings is 1. The van der Waals surface area contributed by atoms with Gasteiger partial charge in [-0.1, -0.05) is 23.7 Å². The van der Waals surface area contributed by atoms with Gasteiger partial charge in [-0.05, 0) is 42.8 Å². The molecule has 0 spiro atoms. The van der Waals surface area contributed by atoms with Crippen LogP contribution in [0.4, 0.5) is 0 Å². The average molecular weight is 419 g/mol. The molecule has 0 N–H and O–H groups in total. The first-order valence-corrected chi connectivity index (χ1v) is 10.4. The lowest BCUT2D eigenvalue weighted by atomic mass is 10.2. The molecule has 0 atom stereocenters. The van der Waals surface area contributed by atoms with E-state index in [2.05, 4.69) is 4.98 Å². The SMILES string of the molecule is Cc1nc(COc2ccc(/C=C/C(=O)N(C)Cc3ccc(Cl)s3)cc2)cs1.